The Morgan fingerprint density at radius 2 is 2.16 bits per heavy atom. The van der Waals surface area contributed by atoms with Crippen LogP contribution in [0.15, 0.2) is 11.2 Å². The molecule has 1 aliphatic heterocycles. The summed E-state index contributed by atoms with van der Waals surface area (Å²) < 4.78 is 26.6. The van der Waals surface area contributed by atoms with Crippen molar-refractivity contribution in [2.75, 3.05) is 13.1 Å². The summed E-state index contributed by atoms with van der Waals surface area (Å²) in [5, 5.41) is 0.235. The van der Waals surface area contributed by atoms with Gasteiger partial charge in [0.2, 0.25) is 0 Å². The number of nitrogens with zero attached hydrogens (tertiary/aromatic N) is 2. The Morgan fingerprint density at radius 3 is 2.79 bits per heavy atom. The molecule has 1 N–H and O–H groups in total. The maximum atomic E-state index is 12.5. The second-order valence-electron chi connectivity index (χ2n) is 5.16. The summed E-state index contributed by atoms with van der Waals surface area (Å²) in [6.45, 7) is 5.38. The van der Waals surface area contributed by atoms with Crippen LogP contribution in [-0.2, 0) is 16.4 Å². The lowest BCUT2D eigenvalue weighted by atomic mass is 9.98. The van der Waals surface area contributed by atoms with Gasteiger partial charge in [0, 0.05) is 19.5 Å². The molecule has 5 nitrogen and oxygen atoms in total. The minimum absolute atomic E-state index is 0.235. The summed E-state index contributed by atoms with van der Waals surface area (Å²) >= 11 is 0. The van der Waals surface area contributed by atoms with Gasteiger partial charge in [-0.3, -0.25) is 0 Å². The van der Waals surface area contributed by atoms with Crippen molar-refractivity contribution in [3.8, 4) is 0 Å². The molecular weight excluding hydrogens is 262 g/mol. The summed E-state index contributed by atoms with van der Waals surface area (Å²) in [7, 11) is -3.39. The van der Waals surface area contributed by atoms with E-state index in [-0.39, 0.29) is 5.03 Å². The van der Waals surface area contributed by atoms with Crippen LogP contribution in [0.5, 0.6) is 0 Å². The van der Waals surface area contributed by atoms with Crippen molar-refractivity contribution >= 4 is 10.0 Å². The molecule has 1 aliphatic rings. The van der Waals surface area contributed by atoms with E-state index in [1.807, 2.05) is 6.92 Å². The van der Waals surface area contributed by atoms with Crippen LogP contribution in [0.1, 0.15) is 45.4 Å². The van der Waals surface area contributed by atoms with Crippen LogP contribution < -0.4 is 0 Å². The molecule has 19 heavy (non-hydrogen) atoms. The number of imidazole rings is 1. The molecule has 0 radical (unpaired) electrons. The van der Waals surface area contributed by atoms with Crippen molar-refractivity contribution in [3.05, 3.63) is 12.0 Å². The maximum absolute atomic E-state index is 12.5. The van der Waals surface area contributed by atoms with Crippen molar-refractivity contribution in [1.29, 1.82) is 0 Å². The topological polar surface area (TPSA) is 66.1 Å². The highest BCUT2D eigenvalue weighted by Gasteiger charge is 2.28. The number of hydrogen-bond acceptors (Lipinski definition) is 3. The molecule has 0 saturated carbocycles. The molecule has 1 unspecified atom stereocenters. The molecule has 0 aromatic carbocycles. The van der Waals surface area contributed by atoms with Crippen LogP contribution >= 0.6 is 0 Å². The molecule has 1 aromatic heterocycles. The largest absolute Gasteiger partial charge is 0.332 e. The zero-order valence-corrected chi connectivity index (χ0v) is 12.5. The van der Waals surface area contributed by atoms with E-state index in [1.54, 1.807) is 4.31 Å². The van der Waals surface area contributed by atoms with E-state index in [0.29, 0.717) is 25.4 Å². The zero-order valence-electron chi connectivity index (χ0n) is 11.7. The number of sulfonamides is 1. The summed E-state index contributed by atoms with van der Waals surface area (Å²) in [6, 6.07) is 0. The zero-order chi connectivity index (χ0) is 13.9. The van der Waals surface area contributed by atoms with Gasteiger partial charge < -0.3 is 4.98 Å². The van der Waals surface area contributed by atoms with Crippen molar-refractivity contribution in [3.63, 3.8) is 0 Å². The van der Waals surface area contributed by atoms with E-state index < -0.39 is 10.0 Å². The minimum atomic E-state index is -3.39. The fourth-order valence-electron chi connectivity index (χ4n) is 2.58. The summed E-state index contributed by atoms with van der Waals surface area (Å²) in [5.74, 6) is 1.38. The standard InChI is InChI=1S/C13H23N3O2S/c1-3-11-6-5-8-16(9-7-11)19(17,18)13-10-14-12(4-2)15-13/h10-11H,3-9H2,1-2H3,(H,14,15). The van der Waals surface area contributed by atoms with Crippen LogP contribution in [0.2, 0.25) is 0 Å². The van der Waals surface area contributed by atoms with Crippen molar-refractivity contribution in [1.82, 2.24) is 14.3 Å². The molecule has 1 fully saturated rings. The first-order chi connectivity index (χ1) is 9.07. The van der Waals surface area contributed by atoms with E-state index in [1.165, 1.54) is 6.20 Å². The van der Waals surface area contributed by atoms with Crippen LogP contribution in [0.3, 0.4) is 0 Å². The molecule has 1 atom stereocenters. The lowest BCUT2D eigenvalue weighted by molar-refractivity contribution is 0.406. The first kappa shape index (κ1) is 14.5. The predicted molar refractivity (Wildman–Crippen MR) is 74.4 cm³/mol. The molecule has 2 heterocycles. The quantitative estimate of drug-likeness (QED) is 0.922. The van der Waals surface area contributed by atoms with Crippen LogP contribution in [0.25, 0.3) is 0 Å². The third-order valence-electron chi connectivity index (χ3n) is 3.94. The second-order valence-corrected chi connectivity index (χ2v) is 7.06. The predicted octanol–water partition coefficient (Wildman–Crippen LogP) is 2.17. The van der Waals surface area contributed by atoms with Gasteiger partial charge in [0.25, 0.3) is 10.0 Å². The van der Waals surface area contributed by atoms with Crippen LogP contribution in [-0.4, -0.2) is 35.8 Å². The lowest BCUT2D eigenvalue weighted by Gasteiger charge is -2.18. The third-order valence-corrected chi connectivity index (χ3v) is 5.75. The van der Waals surface area contributed by atoms with E-state index >= 15 is 0 Å². The average Bonchev–Trinajstić information content (AvgIpc) is 2.76. The van der Waals surface area contributed by atoms with Gasteiger partial charge in [-0.05, 0) is 25.2 Å². The third kappa shape index (κ3) is 3.17. The molecule has 0 bridgehead atoms. The van der Waals surface area contributed by atoms with Crippen LogP contribution in [0.4, 0.5) is 0 Å². The van der Waals surface area contributed by atoms with Crippen LogP contribution in [0, 0.1) is 5.92 Å². The Kier molecular flexibility index (Phi) is 4.62. The molecule has 6 heteroatoms. The van der Waals surface area contributed by atoms with E-state index in [2.05, 4.69) is 16.9 Å². The number of aryl methyl sites for hydroxylation is 1. The smallest absolute Gasteiger partial charge is 0.260 e. The monoisotopic (exact) mass is 285 g/mol. The SMILES string of the molecule is CCc1ncc(S(=O)(=O)N2CCCC(CC)CC2)[nH]1. The number of hydrogen-bond donors (Lipinski definition) is 1. The fraction of sp³-hybridized carbons (Fsp3) is 0.769. The van der Waals surface area contributed by atoms with Gasteiger partial charge in [0.15, 0.2) is 5.03 Å². The van der Waals surface area contributed by atoms with E-state index in [0.717, 1.165) is 31.5 Å². The van der Waals surface area contributed by atoms with Crippen molar-refractivity contribution in [2.24, 2.45) is 5.92 Å². The number of aromatic amines is 1. The van der Waals surface area contributed by atoms with Gasteiger partial charge in [-0.1, -0.05) is 20.3 Å². The first-order valence-electron chi connectivity index (χ1n) is 7.12. The van der Waals surface area contributed by atoms with Gasteiger partial charge in [-0.15, -0.1) is 0 Å². The normalized spacial score (nSPS) is 22.3. The number of rotatable bonds is 4. The lowest BCUT2D eigenvalue weighted by Crippen LogP contribution is -2.32. The molecule has 1 saturated heterocycles. The molecule has 1 aromatic rings. The maximum Gasteiger partial charge on any atom is 0.260 e. The number of aromatic nitrogens is 2. The summed E-state index contributed by atoms with van der Waals surface area (Å²) in [4.78, 5) is 6.99. The van der Waals surface area contributed by atoms with Gasteiger partial charge in [-0.2, -0.15) is 4.31 Å². The van der Waals surface area contributed by atoms with Gasteiger partial charge in [0.05, 0.1) is 6.20 Å². The molecule has 0 aliphatic carbocycles. The highest BCUT2D eigenvalue weighted by Crippen LogP contribution is 2.24. The first-order valence-corrected chi connectivity index (χ1v) is 8.56. The number of H-pyrrole nitrogens is 1. The average molecular weight is 285 g/mol. The minimum Gasteiger partial charge on any atom is -0.332 e. The van der Waals surface area contributed by atoms with Crippen molar-refractivity contribution in [2.45, 2.75) is 51.0 Å². The molecule has 108 valence electrons. The molecule has 0 spiro atoms. The second kappa shape index (κ2) is 6.05. The van der Waals surface area contributed by atoms with E-state index in [9.17, 15) is 8.42 Å². The van der Waals surface area contributed by atoms with E-state index in [4.69, 9.17) is 0 Å². The summed E-state index contributed by atoms with van der Waals surface area (Å²) in [6.07, 6.45) is 6.34. The molecular formula is C13H23N3O2S. The number of nitrogens with one attached hydrogen (secondary N) is 1. The Hall–Kier alpha value is -0.880. The molecule has 2 rings (SSSR count). The Balaban J connectivity index is 2.15. The molecule has 0 amide bonds. The van der Waals surface area contributed by atoms with Crippen molar-refractivity contribution < 1.29 is 8.42 Å². The van der Waals surface area contributed by atoms with Gasteiger partial charge in [-0.25, -0.2) is 13.4 Å². The Labute approximate surface area is 115 Å². The highest BCUT2D eigenvalue weighted by atomic mass is 32.2. The summed E-state index contributed by atoms with van der Waals surface area (Å²) in [5.41, 5.74) is 0. The fourth-order valence-corrected chi connectivity index (χ4v) is 4.01. The van der Waals surface area contributed by atoms with Gasteiger partial charge >= 0.3 is 0 Å². The Bertz CT molecular complexity index is 510. The van der Waals surface area contributed by atoms with Gasteiger partial charge in [0.1, 0.15) is 5.82 Å². The Morgan fingerprint density at radius 1 is 1.37 bits per heavy atom. The highest BCUT2D eigenvalue weighted by molar-refractivity contribution is 7.89.